The molecule has 0 amide bonds. The minimum absolute atomic E-state index is 0.345. The number of methoxy groups -OCH3 is 1. The number of likely N-dealkylation sites (tertiary alicyclic amines) is 1. The van der Waals surface area contributed by atoms with Crippen molar-refractivity contribution in [1.82, 2.24) is 4.90 Å². The molecular formula is C18H30N2O. The van der Waals surface area contributed by atoms with E-state index >= 15 is 0 Å². The Morgan fingerprint density at radius 1 is 1.29 bits per heavy atom. The van der Waals surface area contributed by atoms with Crippen molar-refractivity contribution in [3.8, 4) is 5.75 Å². The molecule has 118 valence electrons. The van der Waals surface area contributed by atoms with E-state index in [1.807, 2.05) is 12.1 Å². The van der Waals surface area contributed by atoms with Crippen LogP contribution in [-0.4, -0.2) is 31.1 Å². The van der Waals surface area contributed by atoms with E-state index in [1.54, 1.807) is 7.11 Å². The number of hydrogen-bond acceptors (Lipinski definition) is 3. The second-order valence-corrected chi connectivity index (χ2v) is 6.42. The maximum atomic E-state index is 6.83. The molecule has 1 aromatic rings. The predicted octanol–water partition coefficient (Wildman–Crippen LogP) is 3.52. The van der Waals surface area contributed by atoms with Crippen molar-refractivity contribution in [1.29, 1.82) is 0 Å². The molecule has 0 aliphatic carbocycles. The minimum Gasteiger partial charge on any atom is -0.497 e. The summed E-state index contributed by atoms with van der Waals surface area (Å²) in [5.74, 6) is 0.887. The largest absolute Gasteiger partial charge is 0.497 e. The number of piperidine rings is 1. The molecule has 1 aliphatic rings. The Morgan fingerprint density at radius 3 is 2.62 bits per heavy atom. The summed E-state index contributed by atoms with van der Waals surface area (Å²) in [5.41, 5.74) is 7.65. The first-order valence-corrected chi connectivity index (χ1v) is 8.27. The number of ether oxygens (including phenoxy) is 1. The van der Waals surface area contributed by atoms with Crippen LogP contribution in [0.2, 0.25) is 0 Å². The number of hydrogen-bond donors (Lipinski definition) is 1. The van der Waals surface area contributed by atoms with Gasteiger partial charge in [0.1, 0.15) is 5.75 Å². The highest BCUT2D eigenvalue weighted by atomic mass is 16.5. The standard InChI is InChI=1S/C18H30N2O/c1-4-9-17(20-12-6-5-7-13-20)18(2,19)15-10-8-11-16(14-15)21-3/h8,10-11,14,17H,4-7,9,12-13,19H2,1-3H3. The van der Waals surface area contributed by atoms with E-state index in [9.17, 15) is 0 Å². The maximum absolute atomic E-state index is 6.83. The lowest BCUT2D eigenvalue weighted by atomic mass is 9.81. The van der Waals surface area contributed by atoms with Gasteiger partial charge in [0.05, 0.1) is 12.6 Å². The molecule has 3 nitrogen and oxygen atoms in total. The third-order valence-electron chi connectivity index (χ3n) is 4.78. The Kier molecular flexibility index (Phi) is 5.65. The molecule has 1 heterocycles. The van der Waals surface area contributed by atoms with Gasteiger partial charge in [-0.2, -0.15) is 0 Å². The molecule has 0 radical (unpaired) electrons. The molecule has 2 rings (SSSR count). The van der Waals surface area contributed by atoms with E-state index in [1.165, 1.54) is 37.9 Å². The van der Waals surface area contributed by atoms with Gasteiger partial charge in [-0.3, -0.25) is 4.90 Å². The van der Waals surface area contributed by atoms with Gasteiger partial charge in [-0.15, -0.1) is 0 Å². The Hall–Kier alpha value is -1.06. The van der Waals surface area contributed by atoms with E-state index in [2.05, 4.69) is 30.9 Å². The molecule has 2 unspecified atom stereocenters. The molecule has 1 saturated heterocycles. The highest BCUT2D eigenvalue weighted by Crippen LogP contribution is 2.32. The van der Waals surface area contributed by atoms with Crippen LogP contribution >= 0.6 is 0 Å². The minimum atomic E-state index is -0.345. The van der Waals surface area contributed by atoms with Crippen molar-refractivity contribution < 1.29 is 4.74 Å². The highest BCUT2D eigenvalue weighted by Gasteiger charge is 2.36. The van der Waals surface area contributed by atoms with Crippen LogP contribution in [0.1, 0.15) is 51.5 Å². The van der Waals surface area contributed by atoms with Crippen LogP contribution in [0.5, 0.6) is 5.75 Å². The summed E-state index contributed by atoms with van der Waals surface area (Å²) in [5, 5.41) is 0. The lowest BCUT2D eigenvalue weighted by Crippen LogP contribution is -2.55. The van der Waals surface area contributed by atoms with Gasteiger partial charge in [-0.05, 0) is 57.0 Å². The summed E-state index contributed by atoms with van der Waals surface area (Å²) >= 11 is 0. The van der Waals surface area contributed by atoms with Crippen molar-refractivity contribution in [3.63, 3.8) is 0 Å². The summed E-state index contributed by atoms with van der Waals surface area (Å²) in [7, 11) is 1.71. The van der Waals surface area contributed by atoms with Crippen molar-refractivity contribution >= 4 is 0 Å². The number of rotatable bonds is 6. The van der Waals surface area contributed by atoms with Gasteiger partial charge in [0.2, 0.25) is 0 Å². The number of nitrogens with zero attached hydrogens (tertiary/aromatic N) is 1. The monoisotopic (exact) mass is 290 g/mol. The molecule has 1 fully saturated rings. The summed E-state index contributed by atoms with van der Waals surface area (Å²) < 4.78 is 5.37. The normalized spacial score (nSPS) is 20.8. The lowest BCUT2D eigenvalue weighted by Gasteiger charge is -2.44. The zero-order valence-corrected chi connectivity index (χ0v) is 13.8. The first kappa shape index (κ1) is 16.3. The molecule has 0 spiro atoms. The number of nitrogens with two attached hydrogens (primary N) is 1. The molecular weight excluding hydrogens is 260 g/mol. The summed E-state index contributed by atoms with van der Waals surface area (Å²) in [6.45, 7) is 6.79. The second-order valence-electron chi connectivity index (χ2n) is 6.42. The molecule has 0 saturated carbocycles. The van der Waals surface area contributed by atoms with Gasteiger partial charge >= 0.3 is 0 Å². The fourth-order valence-electron chi connectivity index (χ4n) is 3.52. The SMILES string of the molecule is CCCC(N1CCCCC1)C(C)(N)c1cccc(OC)c1. The van der Waals surface area contributed by atoms with Crippen LogP contribution in [0.4, 0.5) is 0 Å². The Balaban J connectivity index is 2.26. The van der Waals surface area contributed by atoms with Crippen LogP contribution in [0, 0.1) is 0 Å². The molecule has 1 aromatic carbocycles. The van der Waals surface area contributed by atoms with Crippen LogP contribution < -0.4 is 10.5 Å². The fraction of sp³-hybridized carbons (Fsp3) is 0.667. The molecule has 2 atom stereocenters. The topological polar surface area (TPSA) is 38.5 Å². The molecule has 0 bridgehead atoms. The maximum Gasteiger partial charge on any atom is 0.119 e. The quantitative estimate of drug-likeness (QED) is 0.871. The van der Waals surface area contributed by atoms with Crippen LogP contribution in [0.15, 0.2) is 24.3 Å². The van der Waals surface area contributed by atoms with Crippen molar-refractivity contribution in [2.45, 2.75) is 57.5 Å². The Bertz CT molecular complexity index is 439. The van der Waals surface area contributed by atoms with Crippen LogP contribution in [0.25, 0.3) is 0 Å². The van der Waals surface area contributed by atoms with E-state index in [-0.39, 0.29) is 5.54 Å². The zero-order valence-electron chi connectivity index (χ0n) is 13.8. The Morgan fingerprint density at radius 2 is 2.00 bits per heavy atom. The Labute approximate surface area is 129 Å². The van der Waals surface area contributed by atoms with E-state index in [0.717, 1.165) is 18.6 Å². The molecule has 2 N–H and O–H groups in total. The van der Waals surface area contributed by atoms with Crippen molar-refractivity contribution in [2.24, 2.45) is 5.73 Å². The third kappa shape index (κ3) is 3.78. The summed E-state index contributed by atoms with van der Waals surface area (Å²) in [4.78, 5) is 2.60. The second kappa shape index (κ2) is 7.28. The van der Waals surface area contributed by atoms with Crippen LogP contribution in [0.3, 0.4) is 0 Å². The fourth-order valence-corrected chi connectivity index (χ4v) is 3.52. The highest BCUT2D eigenvalue weighted by molar-refractivity contribution is 5.34. The first-order chi connectivity index (χ1) is 10.1. The van der Waals surface area contributed by atoms with Gasteiger partial charge in [-0.1, -0.05) is 31.9 Å². The van der Waals surface area contributed by atoms with Gasteiger partial charge in [0, 0.05) is 6.04 Å². The van der Waals surface area contributed by atoms with E-state index in [0.29, 0.717) is 6.04 Å². The molecule has 21 heavy (non-hydrogen) atoms. The smallest absolute Gasteiger partial charge is 0.119 e. The molecule has 3 heteroatoms. The zero-order chi connectivity index (χ0) is 15.3. The van der Waals surface area contributed by atoms with E-state index < -0.39 is 0 Å². The van der Waals surface area contributed by atoms with Crippen LogP contribution in [-0.2, 0) is 5.54 Å². The van der Waals surface area contributed by atoms with Gasteiger partial charge in [0.15, 0.2) is 0 Å². The third-order valence-corrected chi connectivity index (χ3v) is 4.78. The predicted molar refractivity (Wildman–Crippen MR) is 88.7 cm³/mol. The molecule has 0 aromatic heterocycles. The van der Waals surface area contributed by atoms with Crippen molar-refractivity contribution in [3.05, 3.63) is 29.8 Å². The average Bonchev–Trinajstić information content (AvgIpc) is 2.53. The summed E-state index contributed by atoms with van der Waals surface area (Å²) in [6.07, 6.45) is 6.26. The average molecular weight is 290 g/mol. The first-order valence-electron chi connectivity index (χ1n) is 8.27. The lowest BCUT2D eigenvalue weighted by molar-refractivity contribution is 0.0961. The van der Waals surface area contributed by atoms with Crippen molar-refractivity contribution in [2.75, 3.05) is 20.2 Å². The van der Waals surface area contributed by atoms with E-state index in [4.69, 9.17) is 10.5 Å². The van der Waals surface area contributed by atoms with Gasteiger partial charge in [0.25, 0.3) is 0 Å². The van der Waals surface area contributed by atoms with Gasteiger partial charge < -0.3 is 10.5 Å². The summed E-state index contributed by atoms with van der Waals surface area (Å²) in [6, 6.07) is 8.64. The molecule has 1 aliphatic heterocycles. The van der Waals surface area contributed by atoms with Gasteiger partial charge in [-0.25, -0.2) is 0 Å². The number of benzene rings is 1.